The summed E-state index contributed by atoms with van der Waals surface area (Å²) in [6.07, 6.45) is 1.68. The van der Waals surface area contributed by atoms with E-state index in [1.54, 1.807) is 0 Å². The van der Waals surface area contributed by atoms with Crippen molar-refractivity contribution in [1.82, 2.24) is 0 Å². The molecule has 0 aliphatic carbocycles. The molecule has 1 aliphatic heterocycles. The highest BCUT2D eigenvalue weighted by molar-refractivity contribution is 5.76. The predicted molar refractivity (Wildman–Crippen MR) is 60.4 cm³/mol. The molecule has 0 bridgehead atoms. The van der Waals surface area contributed by atoms with Gasteiger partial charge in [0.2, 0.25) is 0 Å². The molecule has 3 rings (SSSR count). The van der Waals surface area contributed by atoms with Gasteiger partial charge in [0.1, 0.15) is 23.3 Å². The lowest BCUT2D eigenvalue weighted by Crippen LogP contribution is -2.05. The molecule has 0 amide bonds. The Morgan fingerprint density at radius 2 is 2.18 bits per heavy atom. The molecular formula is C13H11FO3. The van der Waals surface area contributed by atoms with E-state index in [9.17, 15) is 9.18 Å². The summed E-state index contributed by atoms with van der Waals surface area (Å²) < 4.78 is 24.1. The average Bonchev–Trinajstić information content (AvgIpc) is 2.83. The van der Waals surface area contributed by atoms with Gasteiger partial charge < -0.3 is 9.15 Å². The van der Waals surface area contributed by atoms with E-state index in [-0.39, 0.29) is 16.9 Å². The monoisotopic (exact) mass is 234 g/mol. The van der Waals surface area contributed by atoms with E-state index in [0.29, 0.717) is 18.0 Å². The van der Waals surface area contributed by atoms with Gasteiger partial charge in [-0.2, -0.15) is 0 Å². The van der Waals surface area contributed by atoms with Crippen LogP contribution in [0.25, 0.3) is 11.0 Å². The first-order valence-corrected chi connectivity index (χ1v) is 5.59. The third-order valence-electron chi connectivity index (χ3n) is 2.96. The van der Waals surface area contributed by atoms with Crippen molar-refractivity contribution in [2.24, 2.45) is 0 Å². The van der Waals surface area contributed by atoms with Gasteiger partial charge >= 0.3 is 0 Å². The van der Waals surface area contributed by atoms with Crippen LogP contribution < -0.4 is 5.43 Å². The normalized spacial score (nSPS) is 19.9. The lowest BCUT2D eigenvalue weighted by molar-refractivity contribution is 0.0940. The molecule has 2 heterocycles. The molecule has 1 aliphatic rings. The lowest BCUT2D eigenvalue weighted by Gasteiger charge is -2.08. The Kier molecular flexibility index (Phi) is 2.44. The van der Waals surface area contributed by atoms with Crippen LogP contribution in [0.5, 0.6) is 0 Å². The minimum absolute atomic E-state index is 0.142. The number of halogens is 1. The summed E-state index contributed by atoms with van der Waals surface area (Å²) in [6.45, 7) is 0.690. The Morgan fingerprint density at radius 3 is 2.94 bits per heavy atom. The maximum Gasteiger partial charge on any atom is 0.193 e. The van der Waals surface area contributed by atoms with E-state index < -0.39 is 5.82 Å². The fraction of sp³-hybridized carbons (Fsp3) is 0.308. The van der Waals surface area contributed by atoms with Crippen LogP contribution in [0, 0.1) is 5.82 Å². The fourth-order valence-electron chi connectivity index (χ4n) is 2.11. The van der Waals surface area contributed by atoms with E-state index in [1.165, 1.54) is 24.3 Å². The van der Waals surface area contributed by atoms with Gasteiger partial charge in [-0.15, -0.1) is 0 Å². The SMILES string of the molecule is O=c1cc(C2CCCO2)oc2ccc(F)cc12. The van der Waals surface area contributed by atoms with Crippen molar-refractivity contribution < 1.29 is 13.5 Å². The van der Waals surface area contributed by atoms with Gasteiger partial charge in [-0.25, -0.2) is 4.39 Å². The highest BCUT2D eigenvalue weighted by Crippen LogP contribution is 2.29. The van der Waals surface area contributed by atoms with Gasteiger partial charge in [0.25, 0.3) is 0 Å². The van der Waals surface area contributed by atoms with E-state index in [0.717, 1.165) is 12.8 Å². The third kappa shape index (κ3) is 1.85. The van der Waals surface area contributed by atoms with Crippen LogP contribution in [0.2, 0.25) is 0 Å². The van der Waals surface area contributed by atoms with Crippen LogP contribution in [0.1, 0.15) is 24.7 Å². The Balaban J connectivity index is 2.17. The van der Waals surface area contributed by atoms with Gasteiger partial charge in [0, 0.05) is 12.7 Å². The topological polar surface area (TPSA) is 39.4 Å². The molecule has 0 spiro atoms. The van der Waals surface area contributed by atoms with Crippen molar-refractivity contribution in [3.05, 3.63) is 46.1 Å². The van der Waals surface area contributed by atoms with Crippen LogP contribution in [-0.4, -0.2) is 6.61 Å². The summed E-state index contributed by atoms with van der Waals surface area (Å²) in [7, 11) is 0. The van der Waals surface area contributed by atoms with Gasteiger partial charge in [-0.3, -0.25) is 4.79 Å². The van der Waals surface area contributed by atoms with Gasteiger partial charge in [0.05, 0.1) is 5.39 Å². The molecular weight excluding hydrogens is 223 g/mol. The first-order chi connectivity index (χ1) is 8.24. The summed E-state index contributed by atoms with van der Waals surface area (Å²) in [4.78, 5) is 11.8. The van der Waals surface area contributed by atoms with E-state index in [4.69, 9.17) is 9.15 Å². The summed E-state index contributed by atoms with van der Waals surface area (Å²) in [5.41, 5.74) is 0.181. The van der Waals surface area contributed by atoms with Crippen molar-refractivity contribution in [2.45, 2.75) is 18.9 Å². The Hall–Kier alpha value is -1.68. The first-order valence-electron chi connectivity index (χ1n) is 5.59. The molecule has 0 N–H and O–H groups in total. The number of benzene rings is 1. The highest BCUT2D eigenvalue weighted by Gasteiger charge is 2.21. The summed E-state index contributed by atoms with van der Waals surface area (Å²) in [6, 6.07) is 5.35. The van der Waals surface area contributed by atoms with Crippen molar-refractivity contribution in [3.8, 4) is 0 Å². The molecule has 3 nitrogen and oxygen atoms in total. The zero-order valence-corrected chi connectivity index (χ0v) is 9.11. The second-order valence-corrected chi connectivity index (χ2v) is 4.16. The fourth-order valence-corrected chi connectivity index (χ4v) is 2.11. The summed E-state index contributed by atoms with van der Waals surface area (Å²) >= 11 is 0. The molecule has 1 atom stereocenters. The molecule has 0 radical (unpaired) electrons. The molecule has 0 saturated carbocycles. The lowest BCUT2D eigenvalue weighted by atomic mass is 10.1. The predicted octanol–water partition coefficient (Wildman–Crippen LogP) is 2.78. The molecule has 1 aromatic carbocycles. The number of ether oxygens (including phenoxy) is 1. The second kappa shape index (κ2) is 3.96. The largest absolute Gasteiger partial charge is 0.458 e. The van der Waals surface area contributed by atoms with E-state index in [1.807, 2.05) is 0 Å². The maximum atomic E-state index is 13.0. The first kappa shape index (κ1) is 10.5. The van der Waals surface area contributed by atoms with Crippen molar-refractivity contribution in [1.29, 1.82) is 0 Å². The van der Waals surface area contributed by atoms with Gasteiger partial charge in [0.15, 0.2) is 5.43 Å². The van der Waals surface area contributed by atoms with Gasteiger partial charge in [-0.05, 0) is 31.0 Å². The van der Waals surface area contributed by atoms with Crippen LogP contribution in [-0.2, 0) is 4.74 Å². The molecule has 4 heteroatoms. The smallest absolute Gasteiger partial charge is 0.193 e. The summed E-state index contributed by atoms with van der Waals surface area (Å²) in [5.74, 6) is 0.0984. The molecule has 2 aromatic rings. The number of hydrogen-bond donors (Lipinski definition) is 0. The van der Waals surface area contributed by atoms with Crippen molar-refractivity contribution >= 4 is 11.0 Å². The number of hydrogen-bond acceptors (Lipinski definition) is 3. The number of fused-ring (bicyclic) bond motifs is 1. The van der Waals surface area contributed by atoms with Crippen molar-refractivity contribution in [2.75, 3.05) is 6.61 Å². The molecule has 1 aromatic heterocycles. The highest BCUT2D eigenvalue weighted by atomic mass is 19.1. The number of rotatable bonds is 1. The van der Waals surface area contributed by atoms with Crippen molar-refractivity contribution in [3.63, 3.8) is 0 Å². The quantitative estimate of drug-likeness (QED) is 0.761. The molecule has 1 unspecified atom stereocenters. The molecule has 88 valence electrons. The standard InChI is InChI=1S/C13H11FO3/c14-8-3-4-11-9(6-8)10(15)7-13(17-11)12-2-1-5-16-12/h3-4,6-7,12H,1-2,5H2. The Morgan fingerprint density at radius 1 is 1.29 bits per heavy atom. The van der Waals surface area contributed by atoms with Crippen LogP contribution in [0.15, 0.2) is 33.5 Å². The van der Waals surface area contributed by atoms with Gasteiger partial charge in [-0.1, -0.05) is 0 Å². The zero-order valence-electron chi connectivity index (χ0n) is 9.11. The third-order valence-corrected chi connectivity index (χ3v) is 2.96. The molecule has 17 heavy (non-hydrogen) atoms. The van der Waals surface area contributed by atoms with Crippen LogP contribution in [0.4, 0.5) is 4.39 Å². The second-order valence-electron chi connectivity index (χ2n) is 4.16. The Labute approximate surface area is 96.8 Å². The Bertz CT molecular complexity index is 612. The van der Waals surface area contributed by atoms with Crippen LogP contribution >= 0.6 is 0 Å². The minimum atomic E-state index is -0.435. The molecule has 1 fully saturated rings. The minimum Gasteiger partial charge on any atom is -0.458 e. The van der Waals surface area contributed by atoms with E-state index in [2.05, 4.69) is 0 Å². The van der Waals surface area contributed by atoms with E-state index >= 15 is 0 Å². The zero-order chi connectivity index (χ0) is 11.8. The van der Waals surface area contributed by atoms with Crippen LogP contribution in [0.3, 0.4) is 0 Å². The maximum absolute atomic E-state index is 13.0. The average molecular weight is 234 g/mol. The molecule has 1 saturated heterocycles. The summed E-state index contributed by atoms with van der Waals surface area (Å²) in [5, 5.41) is 0.270.